The van der Waals surface area contributed by atoms with Crippen molar-refractivity contribution in [1.29, 1.82) is 0 Å². The van der Waals surface area contributed by atoms with Crippen molar-refractivity contribution >= 4 is 17.1 Å². The molecule has 4 aromatic rings. The Morgan fingerprint density at radius 2 is 1.74 bits per heavy atom. The Kier molecular flexibility index (Phi) is 6.54. The van der Waals surface area contributed by atoms with Gasteiger partial charge in [-0.25, -0.2) is 9.67 Å². The van der Waals surface area contributed by atoms with Crippen LogP contribution in [0.4, 0.5) is 13.2 Å². The van der Waals surface area contributed by atoms with Crippen molar-refractivity contribution in [3.05, 3.63) is 89.1 Å². The lowest BCUT2D eigenvalue weighted by Crippen LogP contribution is -2.11. The number of alkyl halides is 3. The molecule has 1 atom stereocenters. The summed E-state index contributed by atoms with van der Waals surface area (Å²) >= 11 is 0. The summed E-state index contributed by atoms with van der Waals surface area (Å²) < 4.78 is 51.7. The van der Waals surface area contributed by atoms with Crippen LogP contribution in [0.3, 0.4) is 0 Å². The van der Waals surface area contributed by atoms with Gasteiger partial charge in [-0.1, -0.05) is 42.5 Å². The summed E-state index contributed by atoms with van der Waals surface area (Å²) in [5.41, 5.74) is 2.02. The summed E-state index contributed by atoms with van der Waals surface area (Å²) in [6.07, 6.45) is -1.15. The number of hydrogen-bond donors (Lipinski definition) is 0. The highest BCUT2D eigenvalue weighted by molar-refractivity contribution is 5.89. The maximum atomic E-state index is 13.0. The number of rotatable bonds is 7. The van der Waals surface area contributed by atoms with E-state index < -0.39 is 17.8 Å². The topological polar surface area (TPSA) is 62.1 Å². The van der Waals surface area contributed by atoms with Gasteiger partial charge in [0.25, 0.3) is 0 Å². The second-order valence-electron chi connectivity index (χ2n) is 7.70. The van der Waals surface area contributed by atoms with Crippen molar-refractivity contribution in [2.45, 2.75) is 32.7 Å². The molecule has 0 aliphatic heterocycles. The number of hydrogen-bond acceptors (Lipinski definition) is 5. The normalized spacial score (nSPS) is 12.9. The van der Waals surface area contributed by atoms with Crippen LogP contribution >= 0.6 is 0 Å². The number of aryl methyl sites for hydroxylation is 1. The van der Waals surface area contributed by atoms with Crippen molar-refractivity contribution in [3.8, 4) is 5.88 Å². The van der Waals surface area contributed by atoms with Crippen molar-refractivity contribution in [3.63, 3.8) is 0 Å². The van der Waals surface area contributed by atoms with Gasteiger partial charge in [0.2, 0.25) is 5.88 Å². The van der Waals surface area contributed by atoms with Gasteiger partial charge in [-0.15, -0.1) is 0 Å². The first-order chi connectivity index (χ1) is 16.3. The molecule has 0 aliphatic carbocycles. The van der Waals surface area contributed by atoms with Gasteiger partial charge in [0.15, 0.2) is 5.65 Å². The van der Waals surface area contributed by atoms with E-state index in [1.807, 2.05) is 37.3 Å². The quantitative estimate of drug-likeness (QED) is 0.313. The van der Waals surface area contributed by atoms with E-state index in [-0.39, 0.29) is 0 Å². The number of fused-ring (bicyclic) bond motifs is 1. The van der Waals surface area contributed by atoms with Gasteiger partial charge in [0, 0.05) is 6.08 Å². The Balaban J connectivity index is 1.69. The van der Waals surface area contributed by atoms with Crippen LogP contribution in [0.5, 0.6) is 5.88 Å². The SMILES string of the molecule is COc1nc(C)nc2c1c(C=COCc1ccccc1)nn2C(C)c1ccc(C(F)(F)F)cc1. The van der Waals surface area contributed by atoms with E-state index in [1.54, 1.807) is 23.9 Å². The molecule has 0 fully saturated rings. The largest absolute Gasteiger partial charge is 0.496 e. The molecule has 0 saturated carbocycles. The molecule has 176 valence electrons. The Labute approximate surface area is 194 Å². The van der Waals surface area contributed by atoms with Crippen LogP contribution in [0.25, 0.3) is 17.1 Å². The van der Waals surface area contributed by atoms with Crippen LogP contribution in [0.1, 0.15) is 41.2 Å². The predicted molar refractivity (Wildman–Crippen MR) is 122 cm³/mol. The number of halogens is 3. The molecular weight excluding hydrogens is 445 g/mol. The average Bonchev–Trinajstić information content (AvgIpc) is 3.19. The molecule has 2 heterocycles. The fourth-order valence-corrected chi connectivity index (χ4v) is 3.59. The summed E-state index contributed by atoms with van der Waals surface area (Å²) in [6.45, 7) is 3.98. The zero-order chi connectivity index (χ0) is 24.3. The Morgan fingerprint density at radius 1 is 1.03 bits per heavy atom. The maximum Gasteiger partial charge on any atom is 0.416 e. The molecule has 0 spiro atoms. The van der Waals surface area contributed by atoms with Crippen LogP contribution in [-0.4, -0.2) is 26.9 Å². The summed E-state index contributed by atoms with van der Waals surface area (Å²) in [5, 5.41) is 5.27. The molecule has 0 aliphatic rings. The molecule has 4 rings (SSSR count). The van der Waals surface area contributed by atoms with E-state index >= 15 is 0 Å². The smallest absolute Gasteiger partial charge is 0.416 e. The Bertz CT molecular complexity index is 1300. The first-order valence-corrected chi connectivity index (χ1v) is 10.6. The van der Waals surface area contributed by atoms with E-state index in [0.29, 0.717) is 40.6 Å². The third-order valence-corrected chi connectivity index (χ3v) is 5.35. The number of nitrogens with zero attached hydrogens (tertiary/aromatic N) is 4. The highest BCUT2D eigenvalue weighted by Crippen LogP contribution is 2.33. The van der Waals surface area contributed by atoms with E-state index in [0.717, 1.165) is 17.7 Å². The Morgan fingerprint density at radius 3 is 2.38 bits per heavy atom. The molecule has 0 radical (unpaired) electrons. The van der Waals surface area contributed by atoms with Gasteiger partial charge in [-0.3, -0.25) is 0 Å². The van der Waals surface area contributed by atoms with E-state index in [9.17, 15) is 13.2 Å². The fraction of sp³-hybridized carbons (Fsp3) is 0.240. The van der Waals surface area contributed by atoms with E-state index in [2.05, 4.69) is 15.1 Å². The maximum absolute atomic E-state index is 13.0. The van der Waals surface area contributed by atoms with Crippen molar-refractivity contribution < 1.29 is 22.6 Å². The Hall–Kier alpha value is -3.88. The van der Waals surface area contributed by atoms with E-state index in [1.165, 1.54) is 19.2 Å². The van der Waals surface area contributed by atoms with Crippen LogP contribution < -0.4 is 4.74 Å². The van der Waals surface area contributed by atoms with Gasteiger partial charge >= 0.3 is 6.18 Å². The molecule has 0 N–H and O–H groups in total. The van der Waals surface area contributed by atoms with Gasteiger partial charge in [-0.05, 0) is 37.1 Å². The van der Waals surface area contributed by atoms with Crippen LogP contribution in [0.15, 0.2) is 60.9 Å². The average molecular weight is 468 g/mol. The minimum atomic E-state index is -4.39. The molecule has 0 amide bonds. The lowest BCUT2D eigenvalue weighted by molar-refractivity contribution is -0.137. The molecule has 2 aromatic heterocycles. The molecule has 2 aromatic carbocycles. The van der Waals surface area contributed by atoms with Crippen LogP contribution in [0.2, 0.25) is 0 Å². The third kappa shape index (κ3) is 4.88. The second kappa shape index (κ2) is 9.54. The zero-order valence-electron chi connectivity index (χ0n) is 18.9. The number of methoxy groups -OCH3 is 1. The molecule has 6 nitrogen and oxygen atoms in total. The minimum absolute atomic E-state index is 0.357. The number of benzene rings is 2. The highest BCUT2D eigenvalue weighted by Gasteiger charge is 2.30. The van der Waals surface area contributed by atoms with Gasteiger partial charge in [0.05, 0.1) is 25.0 Å². The molecule has 34 heavy (non-hydrogen) atoms. The summed E-state index contributed by atoms with van der Waals surface area (Å²) in [5.74, 6) is 0.844. The molecule has 0 bridgehead atoms. The monoisotopic (exact) mass is 468 g/mol. The van der Waals surface area contributed by atoms with Crippen LogP contribution in [-0.2, 0) is 17.5 Å². The van der Waals surface area contributed by atoms with Crippen LogP contribution in [0, 0.1) is 6.92 Å². The predicted octanol–water partition coefficient (Wildman–Crippen LogP) is 5.96. The number of aromatic nitrogens is 4. The van der Waals surface area contributed by atoms with Gasteiger partial charge in [-0.2, -0.15) is 23.3 Å². The molecule has 9 heteroatoms. The lowest BCUT2D eigenvalue weighted by Gasteiger charge is -2.15. The lowest BCUT2D eigenvalue weighted by atomic mass is 10.1. The molecule has 1 unspecified atom stereocenters. The highest BCUT2D eigenvalue weighted by atomic mass is 19.4. The third-order valence-electron chi connectivity index (χ3n) is 5.35. The molecule has 0 saturated heterocycles. The number of ether oxygens (including phenoxy) is 2. The van der Waals surface area contributed by atoms with Crippen molar-refractivity contribution in [2.75, 3.05) is 7.11 Å². The standard InChI is InChI=1S/C25H23F3N4O2/c1-16(19-9-11-20(12-10-19)25(26,27)28)32-23-22(24(33-3)30-17(2)29-23)21(31-32)13-14-34-15-18-7-5-4-6-8-18/h4-14,16H,15H2,1-3H3. The summed E-state index contributed by atoms with van der Waals surface area (Å²) in [7, 11) is 1.51. The van der Waals surface area contributed by atoms with Crippen molar-refractivity contribution in [1.82, 2.24) is 19.7 Å². The molecular formula is C25H23F3N4O2. The summed E-state index contributed by atoms with van der Waals surface area (Å²) in [6, 6.07) is 14.4. The van der Waals surface area contributed by atoms with Gasteiger partial charge in [0.1, 0.15) is 23.5 Å². The first kappa shape index (κ1) is 23.3. The van der Waals surface area contributed by atoms with Crippen molar-refractivity contribution in [2.24, 2.45) is 0 Å². The second-order valence-corrected chi connectivity index (χ2v) is 7.70. The van der Waals surface area contributed by atoms with E-state index in [4.69, 9.17) is 9.47 Å². The fourth-order valence-electron chi connectivity index (χ4n) is 3.59. The van der Waals surface area contributed by atoms with Gasteiger partial charge < -0.3 is 9.47 Å². The minimum Gasteiger partial charge on any atom is -0.496 e. The zero-order valence-corrected chi connectivity index (χ0v) is 18.9. The first-order valence-electron chi connectivity index (χ1n) is 10.6. The summed E-state index contributed by atoms with van der Waals surface area (Å²) in [4.78, 5) is 8.89.